The predicted molar refractivity (Wildman–Crippen MR) is 74.7 cm³/mol. The Bertz CT molecular complexity index is 350. The van der Waals surface area contributed by atoms with Crippen molar-refractivity contribution in [3.8, 4) is 0 Å². The minimum Gasteiger partial charge on any atom is -0.387 e. The summed E-state index contributed by atoms with van der Waals surface area (Å²) >= 11 is 0. The van der Waals surface area contributed by atoms with Crippen LogP contribution in [0.4, 0.5) is 0 Å². The van der Waals surface area contributed by atoms with Crippen LogP contribution in [0, 0.1) is 6.92 Å². The highest BCUT2D eigenvalue weighted by molar-refractivity contribution is 5.24. The van der Waals surface area contributed by atoms with Crippen LogP contribution in [0.15, 0.2) is 24.3 Å². The van der Waals surface area contributed by atoms with E-state index in [0.717, 1.165) is 5.56 Å². The van der Waals surface area contributed by atoms with E-state index < -0.39 is 6.10 Å². The lowest BCUT2D eigenvalue weighted by Gasteiger charge is -2.33. The molecule has 1 rings (SSSR count). The number of hydrogen-bond acceptors (Lipinski definition) is 3. The lowest BCUT2D eigenvalue weighted by Crippen LogP contribution is -2.42. The molecule has 18 heavy (non-hydrogen) atoms. The maximum Gasteiger partial charge on any atom is 0.0942 e. The average molecular weight is 251 g/mol. The van der Waals surface area contributed by atoms with Gasteiger partial charge in [0.1, 0.15) is 0 Å². The van der Waals surface area contributed by atoms with Gasteiger partial charge < -0.3 is 9.84 Å². The maximum atomic E-state index is 10.4. The van der Waals surface area contributed by atoms with Crippen molar-refractivity contribution in [2.75, 3.05) is 20.8 Å². The van der Waals surface area contributed by atoms with E-state index >= 15 is 0 Å². The van der Waals surface area contributed by atoms with Crippen LogP contribution in [0.1, 0.15) is 31.1 Å². The van der Waals surface area contributed by atoms with Crippen molar-refractivity contribution in [1.82, 2.24) is 4.90 Å². The van der Waals surface area contributed by atoms with Gasteiger partial charge in [0.05, 0.1) is 12.7 Å². The molecule has 3 unspecified atom stereocenters. The summed E-state index contributed by atoms with van der Waals surface area (Å²) in [6, 6.07) is 8.38. The number of aryl methyl sites for hydroxylation is 1. The Balaban J connectivity index is 2.70. The van der Waals surface area contributed by atoms with Gasteiger partial charge in [0.25, 0.3) is 0 Å². The van der Waals surface area contributed by atoms with Gasteiger partial charge in [-0.05, 0) is 33.4 Å². The van der Waals surface area contributed by atoms with Crippen molar-refractivity contribution >= 4 is 0 Å². The van der Waals surface area contributed by atoms with Crippen molar-refractivity contribution in [2.24, 2.45) is 0 Å². The Morgan fingerprint density at radius 2 is 1.78 bits per heavy atom. The molecule has 0 saturated heterocycles. The van der Waals surface area contributed by atoms with Crippen LogP contribution in [0.2, 0.25) is 0 Å². The van der Waals surface area contributed by atoms with Crippen LogP contribution >= 0.6 is 0 Å². The largest absolute Gasteiger partial charge is 0.387 e. The molecule has 0 amide bonds. The minimum atomic E-state index is -0.477. The highest BCUT2D eigenvalue weighted by atomic mass is 16.5. The number of methoxy groups -OCH3 is 1. The fourth-order valence-electron chi connectivity index (χ4n) is 2.03. The standard InChI is InChI=1S/C15H25NO2/c1-11-6-8-14(9-7-11)15(17)13(3)16(4)12(2)10-18-5/h6-9,12-13,15,17H,10H2,1-5H3. The first-order chi connectivity index (χ1) is 8.47. The zero-order chi connectivity index (χ0) is 13.7. The number of likely N-dealkylation sites (N-methyl/N-ethyl adjacent to an activating group) is 1. The summed E-state index contributed by atoms with van der Waals surface area (Å²) < 4.78 is 5.15. The van der Waals surface area contributed by atoms with E-state index in [9.17, 15) is 5.11 Å². The number of benzene rings is 1. The predicted octanol–water partition coefficient (Wildman–Crippen LogP) is 2.38. The molecule has 0 bridgehead atoms. The lowest BCUT2D eigenvalue weighted by molar-refractivity contribution is 0.0280. The van der Waals surface area contributed by atoms with Crippen LogP contribution in [0.25, 0.3) is 0 Å². The Labute approximate surface area is 110 Å². The topological polar surface area (TPSA) is 32.7 Å². The van der Waals surface area contributed by atoms with Crippen LogP contribution < -0.4 is 0 Å². The molecule has 0 aromatic heterocycles. The summed E-state index contributed by atoms with van der Waals surface area (Å²) in [5, 5.41) is 10.4. The molecule has 3 atom stereocenters. The van der Waals surface area contributed by atoms with Gasteiger partial charge in [-0.1, -0.05) is 29.8 Å². The molecule has 0 saturated carbocycles. The fourth-order valence-corrected chi connectivity index (χ4v) is 2.03. The van der Waals surface area contributed by atoms with Gasteiger partial charge in [0.15, 0.2) is 0 Å². The molecule has 0 fully saturated rings. The minimum absolute atomic E-state index is 0.0536. The lowest BCUT2D eigenvalue weighted by atomic mass is 10.0. The molecule has 1 aromatic carbocycles. The summed E-state index contributed by atoms with van der Waals surface area (Å²) in [4.78, 5) is 2.15. The number of aliphatic hydroxyl groups excluding tert-OH is 1. The third-order valence-electron chi connectivity index (χ3n) is 3.62. The molecule has 0 radical (unpaired) electrons. The molecule has 102 valence electrons. The van der Waals surface area contributed by atoms with Gasteiger partial charge >= 0.3 is 0 Å². The zero-order valence-corrected chi connectivity index (χ0v) is 12.1. The third-order valence-corrected chi connectivity index (χ3v) is 3.62. The quantitative estimate of drug-likeness (QED) is 0.842. The van der Waals surface area contributed by atoms with Crippen molar-refractivity contribution < 1.29 is 9.84 Å². The summed E-state index contributed by atoms with van der Waals surface area (Å²) in [5.41, 5.74) is 2.17. The smallest absolute Gasteiger partial charge is 0.0942 e. The van der Waals surface area contributed by atoms with Gasteiger partial charge in [0.2, 0.25) is 0 Å². The van der Waals surface area contributed by atoms with Crippen LogP contribution in [-0.2, 0) is 4.74 Å². The zero-order valence-electron chi connectivity index (χ0n) is 12.1. The van der Waals surface area contributed by atoms with E-state index in [2.05, 4.69) is 11.8 Å². The van der Waals surface area contributed by atoms with Crippen molar-refractivity contribution in [2.45, 2.75) is 39.0 Å². The van der Waals surface area contributed by atoms with E-state index in [4.69, 9.17) is 4.74 Å². The van der Waals surface area contributed by atoms with Gasteiger partial charge in [-0.3, -0.25) is 4.90 Å². The molecule has 0 aliphatic rings. The number of nitrogens with zero attached hydrogens (tertiary/aromatic N) is 1. The molecule has 0 aliphatic carbocycles. The molecule has 0 spiro atoms. The average Bonchev–Trinajstić information content (AvgIpc) is 2.37. The second-order valence-electron chi connectivity index (χ2n) is 5.07. The van der Waals surface area contributed by atoms with E-state index in [1.54, 1.807) is 7.11 Å². The first-order valence-corrected chi connectivity index (χ1v) is 6.43. The van der Waals surface area contributed by atoms with E-state index in [1.165, 1.54) is 5.56 Å². The molecule has 0 aliphatic heterocycles. The molecular formula is C15H25NO2. The number of rotatable bonds is 6. The second-order valence-corrected chi connectivity index (χ2v) is 5.07. The fraction of sp³-hybridized carbons (Fsp3) is 0.600. The number of ether oxygens (including phenoxy) is 1. The van der Waals surface area contributed by atoms with Gasteiger partial charge in [0, 0.05) is 19.2 Å². The molecule has 3 heteroatoms. The SMILES string of the molecule is COCC(C)N(C)C(C)C(O)c1ccc(C)cc1. The number of aliphatic hydroxyl groups is 1. The van der Waals surface area contributed by atoms with Gasteiger partial charge in [-0.25, -0.2) is 0 Å². The van der Waals surface area contributed by atoms with E-state index in [-0.39, 0.29) is 12.1 Å². The first kappa shape index (κ1) is 15.2. The first-order valence-electron chi connectivity index (χ1n) is 6.43. The highest BCUT2D eigenvalue weighted by Gasteiger charge is 2.23. The molecule has 3 nitrogen and oxygen atoms in total. The van der Waals surface area contributed by atoms with Crippen LogP contribution in [0.5, 0.6) is 0 Å². The maximum absolute atomic E-state index is 10.4. The Hall–Kier alpha value is -0.900. The molecule has 1 aromatic rings. The Kier molecular flexibility index (Phi) is 5.79. The van der Waals surface area contributed by atoms with Gasteiger partial charge in [-0.15, -0.1) is 0 Å². The molecular weight excluding hydrogens is 226 g/mol. The Morgan fingerprint density at radius 3 is 2.28 bits per heavy atom. The van der Waals surface area contributed by atoms with Crippen molar-refractivity contribution in [1.29, 1.82) is 0 Å². The molecule has 0 heterocycles. The summed E-state index contributed by atoms with van der Waals surface area (Å²) in [7, 11) is 3.72. The Morgan fingerprint density at radius 1 is 1.22 bits per heavy atom. The van der Waals surface area contributed by atoms with Crippen LogP contribution in [0.3, 0.4) is 0 Å². The van der Waals surface area contributed by atoms with Crippen molar-refractivity contribution in [3.05, 3.63) is 35.4 Å². The summed E-state index contributed by atoms with van der Waals surface area (Å²) in [5.74, 6) is 0. The summed E-state index contributed by atoms with van der Waals surface area (Å²) in [6.45, 7) is 6.85. The van der Waals surface area contributed by atoms with E-state index in [1.807, 2.05) is 45.2 Å². The van der Waals surface area contributed by atoms with Crippen LogP contribution in [-0.4, -0.2) is 42.9 Å². The van der Waals surface area contributed by atoms with Crippen molar-refractivity contribution in [3.63, 3.8) is 0 Å². The van der Waals surface area contributed by atoms with Gasteiger partial charge in [-0.2, -0.15) is 0 Å². The molecule has 1 N–H and O–H groups in total. The van der Waals surface area contributed by atoms with E-state index in [0.29, 0.717) is 6.61 Å². The summed E-state index contributed by atoms with van der Waals surface area (Å²) in [6.07, 6.45) is -0.477. The second kappa shape index (κ2) is 6.88. The third kappa shape index (κ3) is 3.80. The number of hydrogen-bond donors (Lipinski definition) is 1. The highest BCUT2D eigenvalue weighted by Crippen LogP contribution is 2.21. The normalized spacial score (nSPS) is 16.6. The monoisotopic (exact) mass is 251 g/mol.